The van der Waals surface area contributed by atoms with Crippen molar-refractivity contribution in [3.63, 3.8) is 0 Å². The quantitative estimate of drug-likeness (QED) is 0.805. The molecule has 1 unspecified atom stereocenters. The van der Waals surface area contributed by atoms with Crippen LogP contribution in [0.1, 0.15) is 38.1 Å². The van der Waals surface area contributed by atoms with E-state index in [1.807, 2.05) is 13.8 Å². The summed E-state index contributed by atoms with van der Waals surface area (Å²) in [5, 5.41) is 9.99. The molecule has 2 aromatic rings. The van der Waals surface area contributed by atoms with Gasteiger partial charge in [0.1, 0.15) is 0 Å². The molecule has 0 aliphatic heterocycles. The van der Waals surface area contributed by atoms with Crippen LogP contribution in [0.15, 0.2) is 33.9 Å². The molecule has 0 saturated heterocycles. The molecule has 0 radical (unpaired) electrons. The zero-order chi connectivity index (χ0) is 17.9. The Hall–Kier alpha value is -2.03. The lowest BCUT2D eigenvalue weighted by Crippen LogP contribution is -2.22. The first-order valence-electron chi connectivity index (χ1n) is 7.15. The molecule has 0 bridgehead atoms. The minimum atomic E-state index is -4.40. The average Bonchev–Trinajstić information content (AvgIpc) is 2.95. The van der Waals surface area contributed by atoms with E-state index in [4.69, 9.17) is 4.42 Å². The number of hydrogen-bond acceptors (Lipinski definition) is 5. The van der Waals surface area contributed by atoms with Gasteiger partial charge in [0.15, 0.2) is 0 Å². The van der Waals surface area contributed by atoms with E-state index in [2.05, 4.69) is 15.5 Å². The van der Waals surface area contributed by atoms with Crippen LogP contribution in [-0.4, -0.2) is 21.4 Å². The number of carbonyl (C=O) groups excluding carboxylic acids is 1. The van der Waals surface area contributed by atoms with Crippen LogP contribution >= 0.6 is 11.8 Å². The highest BCUT2D eigenvalue weighted by Gasteiger charge is 2.30. The minimum Gasteiger partial charge on any atom is -0.416 e. The van der Waals surface area contributed by atoms with Gasteiger partial charge in [0, 0.05) is 11.6 Å². The summed E-state index contributed by atoms with van der Waals surface area (Å²) in [6.07, 6.45) is -4.40. The van der Waals surface area contributed by atoms with Crippen LogP contribution in [0.4, 0.5) is 18.9 Å². The van der Waals surface area contributed by atoms with Crippen molar-refractivity contribution in [2.24, 2.45) is 0 Å². The third-order valence-corrected chi connectivity index (χ3v) is 3.98. The van der Waals surface area contributed by atoms with Gasteiger partial charge in [-0.15, -0.1) is 10.2 Å². The molecule has 1 heterocycles. The van der Waals surface area contributed by atoms with Gasteiger partial charge in [-0.2, -0.15) is 13.2 Å². The summed E-state index contributed by atoms with van der Waals surface area (Å²) in [5.74, 6) is 0.194. The Labute approximate surface area is 141 Å². The zero-order valence-corrected chi connectivity index (χ0v) is 14.0. The van der Waals surface area contributed by atoms with Gasteiger partial charge in [-0.3, -0.25) is 4.79 Å². The molecule has 5 nitrogen and oxygen atoms in total. The summed E-state index contributed by atoms with van der Waals surface area (Å²) >= 11 is 1.08. The van der Waals surface area contributed by atoms with Crippen molar-refractivity contribution >= 4 is 23.4 Å². The van der Waals surface area contributed by atoms with E-state index in [0.29, 0.717) is 5.89 Å². The number of amides is 1. The maximum absolute atomic E-state index is 12.5. The van der Waals surface area contributed by atoms with Gasteiger partial charge in [0.05, 0.1) is 10.8 Å². The van der Waals surface area contributed by atoms with E-state index < -0.39 is 17.0 Å². The SMILES string of the molecule is CC(Sc1nnc(C(C)C)o1)C(=O)Nc1ccc(C(F)(F)F)cc1. The summed E-state index contributed by atoms with van der Waals surface area (Å²) in [5.41, 5.74) is -0.483. The predicted molar refractivity (Wildman–Crippen MR) is 83.8 cm³/mol. The third kappa shape index (κ3) is 4.73. The standard InChI is InChI=1S/C15H16F3N3O2S/c1-8(2)13-20-21-14(23-13)24-9(3)12(22)19-11-6-4-10(5-7-11)15(16,17)18/h4-9H,1-3H3,(H,19,22). The van der Waals surface area contributed by atoms with Crippen LogP contribution < -0.4 is 5.32 Å². The lowest BCUT2D eigenvalue weighted by molar-refractivity contribution is -0.137. The maximum atomic E-state index is 12.5. The molecule has 0 fully saturated rings. The van der Waals surface area contributed by atoms with E-state index >= 15 is 0 Å². The van der Waals surface area contributed by atoms with Crippen LogP contribution in [0.25, 0.3) is 0 Å². The summed E-state index contributed by atoms with van der Waals surface area (Å²) in [4.78, 5) is 12.1. The van der Waals surface area contributed by atoms with Crippen LogP contribution in [-0.2, 0) is 11.0 Å². The Morgan fingerprint density at radius 2 is 1.79 bits per heavy atom. The van der Waals surface area contributed by atoms with Crippen molar-refractivity contribution in [1.82, 2.24) is 10.2 Å². The molecule has 0 spiro atoms. The van der Waals surface area contributed by atoms with Gasteiger partial charge < -0.3 is 9.73 Å². The van der Waals surface area contributed by atoms with Crippen LogP contribution in [0.3, 0.4) is 0 Å². The van der Waals surface area contributed by atoms with E-state index in [1.165, 1.54) is 12.1 Å². The highest BCUT2D eigenvalue weighted by Crippen LogP contribution is 2.30. The Kier molecular flexibility index (Phi) is 5.53. The fourth-order valence-corrected chi connectivity index (χ4v) is 2.38. The van der Waals surface area contributed by atoms with E-state index in [1.54, 1.807) is 6.92 Å². The number of anilines is 1. The molecule has 0 aliphatic carbocycles. The van der Waals surface area contributed by atoms with Crippen molar-refractivity contribution in [2.75, 3.05) is 5.32 Å². The van der Waals surface area contributed by atoms with Crippen LogP contribution in [0, 0.1) is 0 Å². The Bertz CT molecular complexity index is 699. The van der Waals surface area contributed by atoms with Gasteiger partial charge in [-0.25, -0.2) is 0 Å². The molecule has 24 heavy (non-hydrogen) atoms. The molecular formula is C15H16F3N3O2S. The lowest BCUT2D eigenvalue weighted by Gasteiger charge is -2.11. The smallest absolute Gasteiger partial charge is 0.416 e. The number of nitrogens with zero attached hydrogens (tertiary/aromatic N) is 2. The molecule has 1 N–H and O–H groups in total. The first-order chi connectivity index (χ1) is 11.2. The van der Waals surface area contributed by atoms with E-state index in [0.717, 1.165) is 23.9 Å². The number of carbonyl (C=O) groups is 1. The largest absolute Gasteiger partial charge is 0.416 e. The normalized spacial score (nSPS) is 13.1. The lowest BCUT2D eigenvalue weighted by atomic mass is 10.2. The molecule has 0 saturated carbocycles. The summed E-state index contributed by atoms with van der Waals surface area (Å²) in [6, 6.07) is 4.25. The molecular weight excluding hydrogens is 343 g/mol. The van der Waals surface area contributed by atoms with Crippen molar-refractivity contribution in [2.45, 2.75) is 43.3 Å². The Morgan fingerprint density at radius 3 is 2.29 bits per heavy atom. The number of alkyl halides is 3. The Balaban J connectivity index is 1.95. The minimum absolute atomic E-state index is 0.0862. The average molecular weight is 359 g/mol. The molecule has 1 aromatic carbocycles. The molecule has 1 atom stereocenters. The second-order valence-corrected chi connectivity index (χ2v) is 6.68. The van der Waals surface area contributed by atoms with E-state index in [9.17, 15) is 18.0 Å². The van der Waals surface area contributed by atoms with Gasteiger partial charge in [-0.05, 0) is 31.2 Å². The predicted octanol–water partition coefficient (Wildman–Crippen LogP) is 4.33. The first kappa shape index (κ1) is 18.3. The number of nitrogens with one attached hydrogen (secondary N) is 1. The van der Waals surface area contributed by atoms with Gasteiger partial charge in [-0.1, -0.05) is 25.6 Å². The zero-order valence-electron chi connectivity index (χ0n) is 13.2. The van der Waals surface area contributed by atoms with Gasteiger partial charge in [0.25, 0.3) is 5.22 Å². The van der Waals surface area contributed by atoms with Crippen molar-refractivity contribution < 1.29 is 22.4 Å². The fourth-order valence-electron chi connectivity index (χ4n) is 1.69. The van der Waals surface area contributed by atoms with Crippen molar-refractivity contribution in [1.29, 1.82) is 0 Å². The summed E-state index contributed by atoms with van der Waals surface area (Å²) in [7, 11) is 0. The fraction of sp³-hybridized carbons (Fsp3) is 0.400. The van der Waals surface area contributed by atoms with Gasteiger partial charge in [0.2, 0.25) is 11.8 Å². The number of aromatic nitrogens is 2. The molecule has 1 aromatic heterocycles. The monoisotopic (exact) mass is 359 g/mol. The second kappa shape index (κ2) is 7.25. The first-order valence-corrected chi connectivity index (χ1v) is 8.03. The number of thioether (sulfide) groups is 1. The Morgan fingerprint density at radius 1 is 1.17 bits per heavy atom. The topological polar surface area (TPSA) is 68.0 Å². The highest BCUT2D eigenvalue weighted by molar-refractivity contribution is 8.00. The summed E-state index contributed by atoms with van der Waals surface area (Å²) in [6.45, 7) is 5.45. The van der Waals surface area contributed by atoms with Crippen LogP contribution in [0.5, 0.6) is 0 Å². The summed E-state index contributed by atoms with van der Waals surface area (Å²) < 4.78 is 42.9. The molecule has 130 valence electrons. The number of hydrogen-bond donors (Lipinski definition) is 1. The number of benzene rings is 1. The molecule has 0 aliphatic rings. The highest BCUT2D eigenvalue weighted by atomic mass is 32.2. The molecule has 9 heteroatoms. The van der Waals surface area contributed by atoms with E-state index in [-0.39, 0.29) is 22.7 Å². The molecule has 2 rings (SSSR count). The van der Waals surface area contributed by atoms with Crippen molar-refractivity contribution in [3.8, 4) is 0 Å². The molecule has 1 amide bonds. The number of rotatable bonds is 5. The van der Waals surface area contributed by atoms with Crippen LogP contribution in [0.2, 0.25) is 0 Å². The van der Waals surface area contributed by atoms with Gasteiger partial charge >= 0.3 is 6.18 Å². The maximum Gasteiger partial charge on any atom is 0.416 e. The second-order valence-electron chi connectivity index (χ2n) is 5.39. The third-order valence-electron chi connectivity index (χ3n) is 3.04. The number of halogens is 3. The van der Waals surface area contributed by atoms with Crippen molar-refractivity contribution in [3.05, 3.63) is 35.7 Å².